The number of benzene rings is 1. The van der Waals surface area contributed by atoms with Crippen LogP contribution in [0.2, 0.25) is 0 Å². The van der Waals surface area contributed by atoms with E-state index in [9.17, 15) is 13.2 Å². The van der Waals surface area contributed by atoms with Crippen molar-refractivity contribution in [3.63, 3.8) is 0 Å². The summed E-state index contributed by atoms with van der Waals surface area (Å²) in [6.45, 7) is 0.181. The second-order valence-corrected chi connectivity index (χ2v) is 4.71. The third-order valence-corrected chi connectivity index (χ3v) is 3.05. The zero-order chi connectivity index (χ0) is 16.4. The molecule has 10 heteroatoms. The molecule has 0 unspecified atom stereocenters. The summed E-state index contributed by atoms with van der Waals surface area (Å²) in [5.74, 6) is -0.501. The van der Waals surface area contributed by atoms with Crippen molar-refractivity contribution in [3.8, 4) is 11.5 Å². The minimum Gasteiger partial charge on any atom is -0.483 e. The van der Waals surface area contributed by atoms with E-state index in [1.807, 2.05) is 0 Å². The Labute approximate surface area is 140 Å². The molecule has 1 aromatic carbocycles. The number of ether oxygens (including phenoxy) is 2. The fourth-order valence-corrected chi connectivity index (χ4v) is 2.09. The van der Waals surface area contributed by atoms with Gasteiger partial charge in [0.2, 0.25) is 0 Å². The quantitative estimate of drug-likeness (QED) is 0.724. The molecule has 6 nitrogen and oxygen atoms in total. The zero-order valence-corrected chi connectivity index (χ0v) is 12.9. The minimum absolute atomic E-state index is 0. The van der Waals surface area contributed by atoms with E-state index in [0.29, 0.717) is 22.3 Å². The van der Waals surface area contributed by atoms with Crippen LogP contribution in [0, 0.1) is 0 Å². The number of alkyl halides is 3. The average molecular weight is 364 g/mol. The first-order valence-corrected chi connectivity index (χ1v) is 6.58. The Morgan fingerprint density at radius 2 is 2.00 bits per heavy atom. The van der Waals surface area contributed by atoms with Crippen molar-refractivity contribution in [2.45, 2.75) is 19.5 Å². The summed E-state index contributed by atoms with van der Waals surface area (Å²) >= 11 is 0. The molecule has 0 saturated heterocycles. The van der Waals surface area contributed by atoms with Gasteiger partial charge in [-0.15, -0.1) is 25.6 Å². The third-order valence-electron chi connectivity index (χ3n) is 3.05. The van der Waals surface area contributed by atoms with Crippen molar-refractivity contribution in [1.29, 1.82) is 0 Å². The topological polar surface area (TPSA) is 86.3 Å². The van der Waals surface area contributed by atoms with Crippen molar-refractivity contribution < 1.29 is 27.2 Å². The molecule has 0 spiro atoms. The monoisotopic (exact) mass is 363 g/mol. The molecule has 24 heavy (non-hydrogen) atoms. The lowest BCUT2D eigenvalue weighted by Gasteiger charge is -2.14. The molecule has 2 heterocycles. The van der Waals surface area contributed by atoms with Crippen LogP contribution in [0.3, 0.4) is 0 Å². The normalized spacial score (nSPS) is 11.3. The highest BCUT2D eigenvalue weighted by atomic mass is 35.5. The number of nitrogens with one attached hydrogen (secondary N) is 1. The molecule has 3 aromatic rings. The lowest BCUT2D eigenvalue weighted by atomic mass is 10.2. The van der Waals surface area contributed by atoms with Crippen LogP contribution >= 0.6 is 12.4 Å². The first-order valence-electron chi connectivity index (χ1n) is 6.58. The summed E-state index contributed by atoms with van der Waals surface area (Å²) in [6, 6.07) is 5.87. The van der Waals surface area contributed by atoms with E-state index in [0.717, 1.165) is 0 Å². The molecule has 0 aliphatic heterocycles. The smallest absolute Gasteiger partial charge is 0.483 e. The van der Waals surface area contributed by atoms with Crippen molar-refractivity contribution in [2.75, 3.05) is 0 Å². The molecule has 2 aromatic heterocycles. The average Bonchev–Trinajstić information content (AvgIpc) is 3.11. The highest BCUT2D eigenvalue weighted by Crippen LogP contribution is 2.36. The molecular weight excluding hydrogens is 351 g/mol. The predicted octanol–water partition coefficient (Wildman–Crippen LogP) is 3.51. The van der Waals surface area contributed by atoms with Crippen LogP contribution in [0.1, 0.15) is 11.4 Å². The van der Waals surface area contributed by atoms with E-state index in [-0.39, 0.29) is 31.3 Å². The lowest BCUT2D eigenvalue weighted by Crippen LogP contribution is -2.17. The Balaban J connectivity index is 0.00000208. The zero-order valence-electron chi connectivity index (χ0n) is 12.1. The van der Waals surface area contributed by atoms with Crippen molar-refractivity contribution in [1.82, 2.24) is 10.1 Å². The predicted molar refractivity (Wildman–Crippen MR) is 81.0 cm³/mol. The second-order valence-electron chi connectivity index (χ2n) is 4.71. The Hall–Kier alpha value is -2.39. The molecule has 0 saturated carbocycles. The van der Waals surface area contributed by atoms with Gasteiger partial charge in [0.05, 0.1) is 0 Å². The number of nitrogens with two attached hydrogens (primary N) is 1. The maximum Gasteiger partial charge on any atom is 0.573 e. The van der Waals surface area contributed by atoms with Gasteiger partial charge in [-0.2, -0.15) is 0 Å². The highest BCUT2D eigenvalue weighted by Gasteiger charge is 2.32. The number of hydrogen-bond donors (Lipinski definition) is 2. The Morgan fingerprint density at radius 1 is 1.21 bits per heavy atom. The Kier molecular flexibility index (Phi) is 5.25. The highest BCUT2D eigenvalue weighted by molar-refractivity contribution is 5.85. The number of halogens is 4. The Bertz CT molecular complexity index is 803. The van der Waals surface area contributed by atoms with E-state index in [1.165, 1.54) is 18.4 Å². The summed E-state index contributed by atoms with van der Waals surface area (Å²) < 4.78 is 51.8. The van der Waals surface area contributed by atoms with Gasteiger partial charge in [-0.25, -0.2) is 0 Å². The number of aromatic amines is 1. The number of H-pyrrole nitrogens is 1. The number of nitrogens with zero attached hydrogens (tertiary/aromatic N) is 1. The number of fused-ring (bicyclic) bond motifs is 1. The number of aromatic nitrogens is 2. The van der Waals surface area contributed by atoms with Crippen molar-refractivity contribution in [3.05, 3.63) is 41.9 Å². The summed E-state index contributed by atoms with van der Waals surface area (Å²) in [7, 11) is 0. The summed E-state index contributed by atoms with van der Waals surface area (Å²) in [5.41, 5.74) is 7.24. The van der Waals surface area contributed by atoms with Crippen molar-refractivity contribution >= 4 is 23.3 Å². The van der Waals surface area contributed by atoms with Crippen LogP contribution in [0.4, 0.5) is 13.2 Å². The molecule has 0 aliphatic rings. The maximum atomic E-state index is 12.6. The van der Waals surface area contributed by atoms with Crippen LogP contribution in [-0.2, 0) is 13.2 Å². The van der Waals surface area contributed by atoms with Gasteiger partial charge in [0.15, 0.2) is 11.5 Å². The van der Waals surface area contributed by atoms with Gasteiger partial charge in [-0.1, -0.05) is 5.16 Å². The SMILES string of the molecule is Cl.NCc1cc2cc(OC(F)(F)F)c(OCc3ccon3)cc2[nH]1. The lowest BCUT2D eigenvalue weighted by molar-refractivity contribution is -0.275. The standard InChI is InChI=1S/C14H12F3N3O3.ClH/c15-14(16,17)23-13-4-8-3-10(6-18)19-11(8)5-12(13)21-7-9-1-2-22-20-9;/h1-5,19H,6-7,18H2;1H. The number of rotatable bonds is 5. The molecule has 0 radical (unpaired) electrons. The molecule has 0 fully saturated rings. The van der Waals surface area contributed by atoms with Crippen LogP contribution in [0.5, 0.6) is 11.5 Å². The van der Waals surface area contributed by atoms with Gasteiger partial charge in [-0.3, -0.25) is 0 Å². The minimum atomic E-state index is -4.83. The van der Waals surface area contributed by atoms with Gasteiger partial charge in [0.25, 0.3) is 0 Å². The summed E-state index contributed by atoms with van der Waals surface area (Å²) in [4.78, 5) is 2.99. The van der Waals surface area contributed by atoms with Gasteiger partial charge < -0.3 is 24.7 Å². The summed E-state index contributed by atoms with van der Waals surface area (Å²) in [6.07, 6.45) is -3.49. The molecule has 0 bridgehead atoms. The maximum absolute atomic E-state index is 12.6. The fraction of sp³-hybridized carbons (Fsp3) is 0.214. The Morgan fingerprint density at radius 3 is 2.62 bits per heavy atom. The fourth-order valence-electron chi connectivity index (χ4n) is 2.09. The van der Waals surface area contributed by atoms with E-state index < -0.39 is 12.1 Å². The third kappa shape index (κ3) is 4.12. The van der Waals surface area contributed by atoms with Gasteiger partial charge in [-0.05, 0) is 12.1 Å². The summed E-state index contributed by atoms with van der Waals surface area (Å²) in [5, 5.41) is 4.17. The van der Waals surface area contributed by atoms with Crippen molar-refractivity contribution in [2.24, 2.45) is 5.73 Å². The molecule has 0 amide bonds. The molecule has 0 atom stereocenters. The molecule has 0 aliphatic carbocycles. The number of hydrogen-bond acceptors (Lipinski definition) is 5. The van der Waals surface area contributed by atoms with Gasteiger partial charge >= 0.3 is 6.36 Å². The largest absolute Gasteiger partial charge is 0.573 e. The van der Waals surface area contributed by atoms with Gasteiger partial charge in [0.1, 0.15) is 18.6 Å². The van der Waals surface area contributed by atoms with E-state index in [2.05, 4.69) is 19.4 Å². The molecule has 3 N–H and O–H groups in total. The van der Waals surface area contributed by atoms with Crippen LogP contribution in [-0.4, -0.2) is 16.5 Å². The second kappa shape index (κ2) is 7.02. The van der Waals surface area contributed by atoms with E-state index in [1.54, 1.807) is 12.1 Å². The van der Waals surface area contributed by atoms with Gasteiger partial charge in [0, 0.05) is 35.3 Å². The molecular formula is C14H13ClF3N3O3. The molecule has 130 valence electrons. The first-order chi connectivity index (χ1) is 10.9. The van der Waals surface area contributed by atoms with E-state index >= 15 is 0 Å². The first kappa shape index (κ1) is 18.0. The van der Waals surface area contributed by atoms with E-state index in [4.69, 9.17) is 10.5 Å². The van der Waals surface area contributed by atoms with Crippen LogP contribution in [0.15, 0.2) is 35.1 Å². The van der Waals surface area contributed by atoms with Crippen LogP contribution < -0.4 is 15.2 Å². The molecule has 3 rings (SSSR count). The van der Waals surface area contributed by atoms with Crippen LogP contribution in [0.25, 0.3) is 10.9 Å².